The van der Waals surface area contributed by atoms with Crippen molar-refractivity contribution in [3.8, 4) is 5.75 Å². The third kappa shape index (κ3) is 5.00. The number of ether oxygens (including phenoxy) is 1. The van der Waals surface area contributed by atoms with Crippen molar-refractivity contribution >= 4 is 55.2 Å². The molecule has 3 nitrogen and oxygen atoms in total. The van der Waals surface area contributed by atoms with E-state index in [1.54, 1.807) is 0 Å². The first-order valence-electron chi connectivity index (χ1n) is 8.05. The quantitative estimate of drug-likeness (QED) is 0.410. The second-order valence-electron chi connectivity index (χ2n) is 5.60. The Morgan fingerprint density at radius 3 is 2.72 bits per heavy atom. The lowest BCUT2D eigenvalue weighted by Crippen LogP contribution is -2.17. The Morgan fingerprint density at radius 1 is 1.12 bits per heavy atom. The van der Waals surface area contributed by atoms with Crippen LogP contribution in [-0.4, -0.2) is 18.1 Å². The molecule has 3 aromatic rings. The SMILES string of the molecule is CCOc1c(Br)cc(Br)cc1CNCCc1c[nH]c2ccccc12.Cl. The van der Waals surface area contributed by atoms with Gasteiger partial charge in [0.25, 0.3) is 0 Å². The van der Waals surface area contributed by atoms with Crippen molar-refractivity contribution < 1.29 is 4.74 Å². The zero-order valence-corrected chi connectivity index (χ0v) is 17.9. The van der Waals surface area contributed by atoms with Gasteiger partial charge in [0.1, 0.15) is 5.75 Å². The molecule has 0 aliphatic rings. The van der Waals surface area contributed by atoms with Crippen LogP contribution in [0.2, 0.25) is 0 Å². The number of halogens is 3. The minimum absolute atomic E-state index is 0. The summed E-state index contributed by atoms with van der Waals surface area (Å²) >= 11 is 7.13. The number of benzene rings is 2. The summed E-state index contributed by atoms with van der Waals surface area (Å²) in [6.45, 7) is 4.35. The van der Waals surface area contributed by atoms with E-state index in [1.165, 1.54) is 16.5 Å². The van der Waals surface area contributed by atoms with Crippen LogP contribution >= 0.6 is 44.3 Å². The Balaban J connectivity index is 0.00000225. The summed E-state index contributed by atoms with van der Waals surface area (Å²) in [6.07, 6.45) is 3.09. The van der Waals surface area contributed by atoms with Gasteiger partial charge in [0.2, 0.25) is 0 Å². The summed E-state index contributed by atoms with van der Waals surface area (Å²) in [5, 5.41) is 4.83. The third-order valence-corrected chi connectivity index (χ3v) is 4.98. The third-order valence-electron chi connectivity index (χ3n) is 3.94. The number of hydrogen-bond donors (Lipinski definition) is 2. The van der Waals surface area contributed by atoms with Gasteiger partial charge in [0.15, 0.2) is 0 Å². The second-order valence-corrected chi connectivity index (χ2v) is 7.37. The zero-order valence-electron chi connectivity index (χ0n) is 13.9. The molecule has 134 valence electrons. The minimum Gasteiger partial charge on any atom is -0.492 e. The first kappa shape index (κ1) is 20.3. The van der Waals surface area contributed by atoms with Gasteiger partial charge >= 0.3 is 0 Å². The number of nitrogens with one attached hydrogen (secondary N) is 2. The number of fused-ring (bicyclic) bond motifs is 1. The van der Waals surface area contributed by atoms with E-state index in [4.69, 9.17) is 4.74 Å². The summed E-state index contributed by atoms with van der Waals surface area (Å²) < 4.78 is 7.80. The van der Waals surface area contributed by atoms with Crippen molar-refractivity contribution in [1.29, 1.82) is 0 Å². The van der Waals surface area contributed by atoms with Crippen LogP contribution in [0.3, 0.4) is 0 Å². The number of H-pyrrole nitrogens is 1. The fraction of sp³-hybridized carbons (Fsp3) is 0.263. The molecule has 0 atom stereocenters. The molecule has 25 heavy (non-hydrogen) atoms. The largest absolute Gasteiger partial charge is 0.492 e. The van der Waals surface area contributed by atoms with Gasteiger partial charge in [0, 0.05) is 33.7 Å². The molecule has 0 aliphatic carbocycles. The lowest BCUT2D eigenvalue weighted by molar-refractivity contribution is 0.333. The highest BCUT2D eigenvalue weighted by Gasteiger charge is 2.10. The predicted molar refractivity (Wildman–Crippen MR) is 114 cm³/mol. The number of aromatic amines is 1. The Kier molecular flexibility index (Phi) is 7.81. The Morgan fingerprint density at radius 2 is 1.92 bits per heavy atom. The molecule has 0 aliphatic heterocycles. The van der Waals surface area contributed by atoms with Gasteiger partial charge < -0.3 is 15.0 Å². The fourth-order valence-electron chi connectivity index (χ4n) is 2.84. The van der Waals surface area contributed by atoms with E-state index in [0.717, 1.165) is 39.8 Å². The van der Waals surface area contributed by atoms with Gasteiger partial charge in [-0.3, -0.25) is 0 Å². The van der Waals surface area contributed by atoms with Crippen LogP contribution in [0.1, 0.15) is 18.1 Å². The maximum atomic E-state index is 5.77. The summed E-state index contributed by atoms with van der Waals surface area (Å²) in [5.41, 5.74) is 3.69. The Labute approximate surface area is 171 Å². The molecule has 0 bridgehead atoms. The molecule has 0 amide bonds. The lowest BCUT2D eigenvalue weighted by atomic mass is 10.1. The van der Waals surface area contributed by atoms with E-state index in [9.17, 15) is 0 Å². The number of hydrogen-bond acceptors (Lipinski definition) is 2. The molecule has 0 radical (unpaired) electrons. The molecule has 3 rings (SSSR count). The van der Waals surface area contributed by atoms with E-state index in [0.29, 0.717) is 6.61 Å². The van der Waals surface area contributed by atoms with Crippen molar-refractivity contribution in [1.82, 2.24) is 10.3 Å². The first-order chi connectivity index (χ1) is 11.7. The zero-order chi connectivity index (χ0) is 16.9. The molecule has 0 fully saturated rings. The molecule has 0 spiro atoms. The van der Waals surface area contributed by atoms with Crippen molar-refractivity contribution in [3.63, 3.8) is 0 Å². The first-order valence-corrected chi connectivity index (χ1v) is 9.64. The molecule has 0 unspecified atom stereocenters. The Hall–Kier alpha value is -1.01. The topological polar surface area (TPSA) is 37.0 Å². The molecule has 1 heterocycles. The highest BCUT2D eigenvalue weighted by Crippen LogP contribution is 2.33. The van der Waals surface area contributed by atoms with Crippen LogP contribution in [0.15, 0.2) is 51.5 Å². The van der Waals surface area contributed by atoms with Crippen molar-refractivity contribution in [3.05, 3.63) is 62.7 Å². The number of para-hydroxylation sites is 1. The Bertz CT molecular complexity index is 835. The summed E-state index contributed by atoms with van der Waals surface area (Å²) in [7, 11) is 0. The van der Waals surface area contributed by atoms with E-state index >= 15 is 0 Å². The van der Waals surface area contributed by atoms with E-state index < -0.39 is 0 Å². The monoisotopic (exact) mass is 486 g/mol. The smallest absolute Gasteiger partial charge is 0.138 e. The fourth-order valence-corrected chi connectivity index (χ4v) is 4.26. The van der Waals surface area contributed by atoms with Crippen LogP contribution in [-0.2, 0) is 13.0 Å². The molecule has 6 heteroatoms. The van der Waals surface area contributed by atoms with Gasteiger partial charge in [-0.1, -0.05) is 34.1 Å². The molecule has 2 aromatic carbocycles. The van der Waals surface area contributed by atoms with E-state index in [1.807, 2.05) is 13.0 Å². The van der Waals surface area contributed by atoms with Gasteiger partial charge in [-0.15, -0.1) is 12.4 Å². The van der Waals surface area contributed by atoms with Crippen molar-refractivity contribution in [2.45, 2.75) is 19.9 Å². The van der Waals surface area contributed by atoms with Crippen molar-refractivity contribution in [2.24, 2.45) is 0 Å². The van der Waals surface area contributed by atoms with Crippen LogP contribution in [0.25, 0.3) is 10.9 Å². The summed E-state index contributed by atoms with van der Waals surface area (Å²) in [4.78, 5) is 3.33. The van der Waals surface area contributed by atoms with Crippen LogP contribution in [0, 0.1) is 0 Å². The molecule has 1 aromatic heterocycles. The maximum Gasteiger partial charge on any atom is 0.138 e. The molecule has 2 N–H and O–H groups in total. The number of aromatic nitrogens is 1. The minimum atomic E-state index is 0. The van der Waals surface area contributed by atoms with Crippen LogP contribution in [0.5, 0.6) is 5.75 Å². The molecule has 0 saturated heterocycles. The van der Waals surface area contributed by atoms with Crippen LogP contribution < -0.4 is 10.1 Å². The highest BCUT2D eigenvalue weighted by atomic mass is 79.9. The standard InChI is InChI=1S/C19H20Br2N2O.ClH/c1-2-24-19-14(9-15(20)10-17(19)21)11-22-8-7-13-12-23-18-6-4-3-5-16(13)18;/h3-6,9-10,12,22-23H,2,7-8,11H2,1H3;1H. The van der Waals surface area contributed by atoms with Gasteiger partial charge in [-0.2, -0.15) is 0 Å². The van der Waals surface area contributed by atoms with Crippen molar-refractivity contribution in [2.75, 3.05) is 13.2 Å². The normalized spacial score (nSPS) is 10.7. The van der Waals surface area contributed by atoms with E-state index in [2.05, 4.69) is 78.7 Å². The molecular formula is C19H21Br2ClN2O. The van der Waals surface area contributed by atoms with Gasteiger partial charge in [-0.05, 0) is 59.6 Å². The average molecular weight is 489 g/mol. The summed E-state index contributed by atoms with van der Waals surface area (Å²) in [5.74, 6) is 0.917. The van der Waals surface area contributed by atoms with Gasteiger partial charge in [0.05, 0.1) is 11.1 Å². The predicted octanol–water partition coefficient (Wildman–Crippen LogP) is 5.85. The molecular weight excluding hydrogens is 467 g/mol. The number of rotatable bonds is 7. The highest BCUT2D eigenvalue weighted by molar-refractivity contribution is 9.11. The van der Waals surface area contributed by atoms with Crippen LogP contribution in [0.4, 0.5) is 0 Å². The maximum absolute atomic E-state index is 5.77. The average Bonchev–Trinajstić information content (AvgIpc) is 2.98. The van der Waals surface area contributed by atoms with E-state index in [-0.39, 0.29) is 12.4 Å². The summed E-state index contributed by atoms with van der Waals surface area (Å²) in [6, 6.07) is 12.5. The second kappa shape index (κ2) is 9.62. The van der Waals surface area contributed by atoms with Gasteiger partial charge in [-0.25, -0.2) is 0 Å². The lowest BCUT2D eigenvalue weighted by Gasteiger charge is -2.13. The molecule has 0 saturated carbocycles.